The molecule has 0 aliphatic heterocycles. The van der Waals surface area contributed by atoms with Crippen molar-refractivity contribution in [3.05, 3.63) is 0 Å². The molecule has 2 nitrogen and oxygen atoms in total. The Kier molecular flexibility index (Phi) is 6.98. The molecule has 0 bridgehead atoms. The average molecular weight is 220 g/mol. The Labute approximate surface area is 92.4 Å². The van der Waals surface area contributed by atoms with Gasteiger partial charge in [0, 0.05) is 17.8 Å². The summed E-state index contributed by atoms with van der Waals surface area (Å²) in [5.41, 5.74) is 0. The van der Waals surface area contributed by atoms with Crippen LogP contribution in [0.15, 0.2) is 0 Å². The fourth-order valence-corrected chi connectivity index (χ4v) is 1.41. The van der Waals surface area contributed by atoms with Crippen LogP contribution in [0.5, 0.6) is 0 Å². The third kappa shape index (κ3) is 4.85. The summed E-state index contributed by atoms with van der Waals surface area (Å²) in [6, 6.07) is 0.237. The number of hydrogen-bond acceptors (Lipinski definition) is 1. The van der Waals surface area contributed by atoms with Gasteiger partial charge in [0.15, 0.2) is 0 Å². The van der Waals surface area contributed by atoms with Crippen LogP contribution < -0.4 is 5.32 Å². The molecule has 0 spiro atoms. The van der Waals surface area contributed by atoms with Gasteiger partial charge in [0.2, 0.25) is 5.91 Å². The lowest BCUT2D eigenvalue weighted by Crippen LogP contribution is -2.39. The van der Waals surface area contributed by atoms with Gasteiger partial charge in [0.25, 0.3) is 0 Å². The number of carbonyl (C=O) groups is 1. The number of halogens is 1. The fraction of sp³-hybridized carbons (Fsp3) is 0.909. The molecule has 0 radical (unpaired) electrons. The van der Waals surface area contributed by atoms with Crippen molar-refractivity contribution in [1.82, 2.24) is 5.32 Å². The van der Waals surface area contributed by atoms with Crippen LogP contribution in [0.2, 0.25) is 0 Å². The molecule has 2 atom stereocenters. The fourth-order valence-electron chi connectivity index (χ4n) is 1.15. The lowest BCUT2D eigenvalue weighted by atomic mass is 9.96. The summed E-state index contributed by atoms with van der Waals surface area (Å²) in [5, 5.41) is 3.03. The number of carbonyl (C=O) groups excluding carboxylic acids is 1. The Morgan fingerprint density at radius 3 is 2.29 bits per heavy atom. The van der Waals surface area contributed by atoms with Crippen LogP contribution in [0.4, 0.5) is 0 Å². The van der Waals surface area contributed by atoms with Crippen LogP contribution in [0.1, 0.15) is 40.5 Å². The summed E-state index contributed by atoms with van der Waals surface area (Å²) < 4.78 is 0. The number of hydrogen-bond donors (Lipinski definition) is 1. The lowest BCUT2D eigenvalue weighted by Gasteiger charge is -2.20. The Bertz CT molecular complexity index is 171. The monoisotopic (exact) mass is 219 g/mol. The maximum atomic E-state index is 11.7. The van der Waals surface area contributed by atoms with Gasteiger partial charge in [-0.25, -0.2) is 0 Å². The highest BCUT2D eigenvalue weighted by atomic mass is 35.5. The number of amides is 1. The Balaban J connectivity index is 4.01. The van der Waals surface area contributed by atoms with Crippen molar-refractivity contribution >= 4 is 17.5 Å². The lowest BCUT2D eigenvalue weighted by molar-refractivity contribution is -0.126. The van der Waals surface area contributed by atoms with Gasteiger partial charge in [-0.15, -0.1) is 11.6 Å². The molecule has 1 amide bonds. The van der Waals surface area contributed by atoms with Crippen molar-refractivity contribution in [3.63, 3.8) is 0 Å². The van der Waals surface area contributed by atoms with E-state index in [2.05, 4.69) is 26.1 Å². The molecule has 0 aliphatic carbocycles. The van der Waals surface area contributed by atoms with Crippen molar-refractivity contribution in [1.29, 1.82) is 0 Å². The predicted octanol–water partition coefficient (Wildman–Crippen LogP) is 2.80. The zero-order valence-corrected chi connectivity index (χ0v) is 10.4. The van der Waals surface area contributed by atoms with Crippen molar-refractivity contribution < 1.29 is 4.79 Å². The predicted molar refractivity (Wildman–Crippen MR) is 61.6 cm³/mol. The molecule has 2 unspecified atom stereocenters. The Morgan fingerprint density at radius 2 is 1.93 bits per heavy atom. The van der Waals surface area contributed by atoms with E-state index in [0.29, 0.717) is 11.8 Å². The third-order valence-electron chi connectivity index (χ3n) is 2.71. The van der Waals surface area contributed by atoms with E-state index in [1.54, 1.807) is 0 Å². The van der Waals surface area contributed by atoms with Gasteiger partial charge in [-0.3, -0.25) is 4.79 Å². The molecular formula is C11H22ClNO. The van der Waals surface area contributed by atoms with Crippen LogP contribution >= 0.6 is 11.6 Å². The van der Waals surface area contributed by atoms with Crippen LogP contribution in [0, 0.1) is 11.8 Å². The number of nitrogens with one attached hydrogen (secondary N) is 1. The SMILES string of the molecule is CCC(CCCl)NC(=O)C(C)C(C)C. The van der Waals surface area contributed by atoms with Crippen LogP contribution in [-0.4, -0.2) is 17.8 Å². The molecule has 0 rings (SSSR count). The molecule has 0 aromatic rings. The van der Waals surface area contributed by atoms with E-state index >= 15 is 0 Å². The minimum Gasteiger partial charge on any atom is -0.353 e. The second-order valence-corrected chi connectivity index (χ2v) is 4.50. The maximum Gasteiger partial charge on any atom is 0.223 e. The van der Waals surface area contributed by atoms with Gasteiger partial charge < -0.3 is 5.32 Å². The summed E-state index contributed by atoms with van der Waals surface area (Å²) in [6.45, 7) is 8.16. The number of rotatable bonds is 6. The highest BCUT2D eigenvalue weighted by Crippen LogP contribution is 2.10. The zero-order valence-electron chi connectivity index (χ0n) is 9.64. The van der Waals surface area contributed by atoms with Gasteiger partial charge in [-0.05, 0) is 18.8 Å². The molecule has 0 aliphatic rings. The molecule has 0 fully saturated rings. The van der Waals surface area contributed by atoms with E-state index in [1.807, 2.05) is 6.92 Å². The largest absolute Gasteiger partial charge is 0.353 e. The molecule has 0 saturated heterocycles. The summed E-state index contributed by atoms with van der Waals surface area (Å²) >= 11 is 5.65. The van der Waals surface area contributed by atoms with Crippen LogP contribution in [-0.2, 0) is 4.79 Å². The van der Waals surface area contributed by atoms with Gasteiger partial charge in [0.05, 0.1) is 0 Å². The summed E-state index contributed by atoms with van der Waals surface area (Å²) in [6.07, 6.45) is 1.80. The minimum atomic E-state index is 0.0828. The summed E-state index contributed by atoms with van der Waals surface area (Å²) in [5.74, 6) is 1.23. The molecule has 14 heavy (non-hydrogen) atoms. The van der Waals surface area contributed by atoms with E-state index in [9.17, 15) is 4.79 Å². The van der Waals surface area contributed by atoms with Crippen molar-refractivity contribution in [3.8, 4) is 0 Å². The topological polar surface area (TPSA) is 29.1 Å². The first-order chi connectivity index (χ1) is 6.52. The first kappa shape index (κ1) is 13.8. The van der Waals surface area contributed by atoms with E-state index in [1.165, 1.54) is 0 Å². The van der Waals surface area contributed by atoms with Gasteiger partial charge >= 0.3 is 0 Å². The van der Waals surface area contributed by atoms with Gasteiger partial charge in [-0.1, -0.05) is 27.7 Å². The zero-order chi connectivity index (χ0) is 11.1. The van der Waals surface area contributed by atoms with Crippen LogP contribution in [0.3, 0.4) is 0 Å². The van der Waals surface area contributed by atoms with E-state index in [4.69, 9.17) is 11.6 Å². The van der Waals surface area contributed by atoms with E-state index in [-0.39, 0.29) is 17.9 Å². The van der Waals surface area contributed by atoms with Crippen molar-refractivity contribution in [2.24, 2.45) is 11.8 Å². The normalized spacial score (nSPS) is 15.3. The minimum absolute atomic E-state index is 0.0828. The highest BCUT2D eigenvalue weighted by molar-refractivity contribution is 6.17. The van der Waals surface area contributed by atoms with Crippen molar-refractivity contribution in [2.45, 2.75) is 46.6 Å². The molecule has 3 heteroatoms. The second-order valence-electron chi connectivity index (χ2n) is 4.12. The smallest absolute Gasteiger partial charge is 0.223 e. The Hall–Kier alpha value is -0.240. The summed E-state index contributed by atoms with van der Waals surface area (Å²) in [7, 11) is 0. The molecule has 0 saturated carbocycles. The first-order valence-electron chi connectivity index (χ1n) is 5.39. The highest BCUT2D eigenvalue weighted by Gasteiger charge is 2.18. The Morgan fingerprint density at radius 1 is 1.36 bits per heavy atom. The van der Waals surface area contributed by atoms with Crippen molar-refractivity contribution in [2.75, 3.05) is 5.88 Å². The van der Waals surface area contributed by atoms with Gasteiger partial charge in [-0.2, -0.15) is 0 Å². The van der Waals surface area contributed by atoms with Crippen LogP contribution in [0.25, 0.3) is 0 Å². The van der Waals surface area contributed by atoms with E-state index < -0.39 is 0 Å². The maximum absolute atomic E-state index is 11.7. The molecule has 0 aromatic carbocycles. The first-order valence-corrected chi connectivity index (χ1v) is 5.92. The third-order valence-corrected chi connectivity index (χ3v) is 2.93. The number of alkyl halides is 1. The van der Waals surface area contributed by atoms with Gasteiger partial charge in [0.1, 0.15) is 0 Å². The molecular weight excluding hydrogens is 198 g/mol. The standard InChI is InChI=1S/C11H22ClNO/c1-5-10(6-7-12)13-11(14)9(4)8(2)3/h8-10H,5-7H2,1-4H3,(H,13,14). The second kappa shape index (κ2) is 7.10. The molecule has 0 aromatic heterocycles. The van der Waals surface area contributed by atoms with E-state index in [0.717, 1.165) is 12.8 Å². The molecule has 84 valence electrons. The molecule has 1 N–H and O–H groups in total. The summed E-state index contributed by atoms with van der Waals surface area (Å²) in [4.78, 5) is 11.7. The molecule has 0 heterocycles. The average Bonchev–Trinajstić information content (AvgIpc) is 2.15. The quantitative estimate of drug-likeness (QED) is 0.684.